The van der Waals surface area contributed by atoms with Gasteiger partial charge in [-0.25, -0.2) is 4.98 Å². The van der Waals surface area contributed by atoms with Crippen LogP contribution < -0.4 is 4.90 Å². The fourth-order valence-corrected chi connectivity index (χ4v) is 3.16. The summed E-state index contributed by atoms with van der Waals surface area (Å²) < 4.78 is 1.89. The Morgan fingerprint density at radius 1 is 1.19 bits per heavy atom. The van der Waals surface area contributed by atoms with E-state index in [4.69, 9.17) is 4.98 Å². The van der Waals surface area contributed by atoms with Crippen LogP contribution in [0.3, 0.4) is 0 Å². The number of H-pyrrole nitrogens is 1. The number of para-hydroxylation sites is 2. The molecule has 1 aromatic carbocycles. The topological polar surface area (TPSA) is 49.7 Å². The minimum Gasteiger partial charge on any atom is -0.342 e. The number of anilines is 1. The molecule has 5 heteroatoms. The molecule has 4 rings (SSSR count). The number of aryl methyl sites for hydroxylation is 1. The summed E-state index contributed by atoms with van der Waals surface area (Å²) in [4.78, 5) is 10.5. The molecule has 5 nitrogen and oxygen atoms in total. The molecule has 3 aromatic rings. The normalized spacial score (nSPS) is 16.7. The molecule has 1 N–H and O–H groups in total. The Kier molecular flexibility index (Phi) is 2.91. The maximum atomic E-state index is 4.69. The second-order valence-electron chi connectivity index (χ2n) is 5.79. The molecular formula is C16H19N5. The summed E-state index contributed by atoms with van der Waals surface area (Å²) in [5, 5.41) is 4.28. The predicted molar refractivity (Wildman–Crippen MR) is 83.5 cm³/mol. The highest BCUT2D eigenvalue weighted by atomic mass is 15.3. The van der Waals surface area contributed by atoms with Crippen LogP contribution in [0, 0.1) is 0 Å². The van der Waals surface area contributed by atoms with Gasteiger partial charge in [0, 0.05) is 26.3 Å². The highest BCUT2D eigenvalue weighted by Gasteiger charge is 2.23. The lowest BCUT2D eigenvalue weighted by Gasteiger charge is -2.31. The number of imidazole rings is 1. The van der Waals surface area contributed by atoms with Gasteiger partial charge in [0.05, 0.1) is 17.2 Å². The molecule has 1 aliphatic rings. The van der Waals surface area contributed by atoms with Crippen LogP contribution in [0.15, 0.2) is 36.7 Å². The van der Waals surface area contributed by atoms with E-state index in [0.717, 1.165) is 42.9 Å². The highest BCUT2D eigenvalue weighted by Crippen LogP contribution is 2.29. The van der Waals surface area contributed by atoms with Crippen LogP contribution in [0.25, 0.3) is 11.0 Å². The second kappa shape index (κ2) is 4.91. The summed E-state index contributed by atoms with van der Waals surface area (Å²) in [6, 6.07) is 8.20. The van der Waals surface area contributed by atoms with Gasteiger partial charge < -0.3 is 9.88 Å². The molecule has 0 bridgehead atoms. The Morgan fingerprint density at radius 3 is 2.71 bits per heavy atom. The number of benzene rings is 1. The zero-order valence-corrected chi connectivity index (χ0v) is 12.2. The van der Waals surface area contributed by atoms with Gasteiger partial charge in [-0.1, -0.05) is 12.1 Å². The lowest BCUT2D eigenvalue weighted by atomic mass is 9.92. The third-order valence-corrected chi connectivity index (χ3v) is 4.37. The average Bonchev–Trinajstić information content (AvgIpc) is 3.13. The van der Waals surface area contributed by atoms with Crippen LogP contribution in [-0.4, -0.2) is 32.8 Å². The monoisotopic (exact) mass is 281 g/mol. The van der Waals surface area contributed by atoms with Crippen molar-refractivity contribution in [2.24, 2.45) is 7.05 Å². The first-order chi connectivity index (χ1) is 10.3. The molecule has 108 valence electrons. The minimum absolute atomic E-state index is 0.624. The van der Waals surface area contributed by atoms with E-state index in [9.17, 15) is 0 Å². The van der Waals surface area contributed by atoms with Crippen molar-refractivity contribution in [3.05, 3.63) is 42.2 Å². The van der Waals surface area contributed by atoms with E-state index in [1.54, 1.807) is 0 Å². The largest absolute Gasteiger partial charge is 0.342 e. The van der Waals surface area contributed by atoms with Crippen molar-refractivity contribution in [2.75, 3.05) is 18.0 Å². The molecule has 0 aliphatic carbocycles. The van der Waals surface area contributed by atoms with Gasteiger partial charge in [-0.15, -0.1) is 0 Å². The van der Waals surface area contributed by atoms with E-state index in [2.05, 4.69) is 33.3 Å². The Labute approximate surface area is 123 Å². The van der Waals surface area contributed by atoms with E-state index in [0.29, 0.717) is 5.92 Å². The summed E-state index contributed by atoms with van der Waals surface area (Å²) in [6.45, 7) is 2.08. The number of piperidine rings is 1. The standard InChI is InChI=1S/C16H19N5/c1-20-11-13(10-17-20)12-6-8-21(9-7-12)16-18-14-4-2-3-5-15(14)19-16/h2-5,10-12H,6-9H2,1H3,(H,18,19). The van der Waals surface area contributed by atoms with Crippen LogP contribution >= 0.6 is 0 Å². The van der Waals surface area contributed by atoms with Gasteiger partial charge in [-0.05, 0) is 36.5 Å². The van der Waals surface area contributed by atoms with Gasteiger partial charge >= 0.3 is 0 Å². The minimum atomic E-state index is 0.624. The van der Waals surface area contributed by atoms with E-state index < -0.39 is 0 Å². The molecule has 0 unspecified atom stereocenters. The van der Waals surface area contributed by atoms with Gasteiger partial charge in [-0.2, -0.15) is 5.10 Å². The van der Waals surface area contributed by atoms with Gasteiger partial charge in [0.1, 0.15) is 0 Å². The molecule has 1 aliphatic heterocycles. The third-order valence-electron chi connectivity index (χ3n) is 4.37. The molecule has 0 radical (unpaired) electrons. The van der Waals surface area contributed by atoms with E-state index in [1.807, 2.05) is 30.1 Å². The van der Waals surface area contributed by atoms with Crippen molar-refractivity contribution in [1.29, 1.82) is 0 Å². The lowest BCUT2D eigenvalue weighted by molar-refractivity contribution is 0.500. The maximum Gasteiger partial charge on any atom is 0.203 e. The maximum absolute atomic E-state index is 4.69. The van der Waals surface area contributed by atoms with Crippen molar-refractivity contribution in [3.8, 4) is 0 Å². The van der Waals surface area contributed by atoms with Crippen molar-refractivity contribution in [2.45, 2.75) is 18.8 Å². The molecule has 2 aromatic heterocycles. The molecule has 0 spiro atoms. The molecule has 1 saturated heterocycles. The Hall–Kier alpha value is -2.30. The first kappa shape index (κ1) is 12.4. The Bertz CT molecular complexity index is 716. The molecule has 0 amide bonds. The number of aromatic amines is 1. The van der Waals surface area contributed by atoms with Gasteiger partial charge in [0.25, 0.3) is 0 Å². The van der Waals surface area contributed by atoms with Crippen molar-refractivity contribution in [3.63, 3.8) is 0 Å². The van der Waals surface area contributed by atoms with Crippen LogP contribution in [0.4, 0.5) is 5.95 Å². The number of fused-ring (bicyclic) bond motifs is 1. The molecule has 1 fully saturated rings. The number of hydrogen-bond acceptors (Lipinski definition) is 3. The summed E-state index contributed by atoms with van der Waals surface area (Å²) in [6.07, 6.45) is 6.45. The van der Waals surface area contributed by atoms with Crippen LogP contribution in [0.5, 0.6) is 0 Å². The van der Waals surface area contributed by atoms with Gasteiger partial charge in [-0.3, -0.25) is 4.68 Å². The molecule has 21 heavy (non-hydrogen) atoms. The molecule has 3 heterocycles. The summed E-state index contributed by atoms with van der Waals surface area (Å²) >= 11 is 0. The van der Waals surface area contributed by atoms with Gasteiger partial charge in [0.15, 0.2) is 0 Å². The fourth-order valence-electron chi connectivity index (χ4n) is 3.16. The highest BCUT2D eigenvalue weighted by molar-refractivity contribution is 5.77. The quantitative estimate of drug-likeness (QED) is 0.785. The predicted octanol–water partition coefficient (Wildman–Crippen LogP) is 2.68. The number of nitrogens with zero attached hydrogens (tertiary/aromatic N) is 4. The number of aromatic nitrogens is 4. The van der Waals surface area contributed by atoms with E-state index in [1.165, 1.54) is 5.56 Å². The Balaban J connectivity index is 1.49. The summed E-state index contributed by atoms with van der Waals surface area (Å²) in [5.74, 6) is 1.63. The fraction of sp³-hybridized carbons (Fsp3) is 0.375. The number of hydrogen-bond donors (Lipinski definition) is 1. The van der Waals surface area contributed by atoms with Crippen LogP contribution in [0.1, 0.15) is 24.3 Å². The summed E-state index contributed by atoms with van der Waals surface area (Å²) in [5.41, 5.74) is 3.52. The van der Waals surface area contributed by atoms with Crippen molar-refractivity contribution >= 4 is 17.0 Å². The van der Waals surface area contributed by atoms with Crippen LogP contribution in [-0.2, 0) is 7.05 Å². The zero-order valence-electron chi connectivity index (χ0n) is 12.2. The molecule has 0 saturated carbocycles. The average molecular weight is 281 g/mol. The number of rotatable bonds is 2. The smallest absolute Gasteiger partial charge is 0.203 e. The first-order valence-corrected chi connectivity index (χ1v) is 7.48. The Morgan fingerprint density at radius 2 is 2.00 bits per heavy atom. The number of nitrogens with one attached hydrogen (secondary N) is 1. The lowest BCUT2D eigenvalue weighted by Crippen LogP contribution is -2.33. The summed E-state index contributed by atoms with van der Waals surface area (Å²) in [7, 11) is 1.98. The zero-order chi connectivity index (χ0) is 14.2. The van der Waals surface area contributed by atoms with Gasteiger partial charge in [0.2, 0.25) is 5.95 Å². The van der Waals surface area contributed by atoms with Crippen molar-refractivity contribution < 1.29 is 0 Å². The molecule has 0 atom stereocenters. The van der Waals surface area contributed by atoms with E-state index in [-0.39, 0.29) is 0 Å². The molecular weight excluding hydrogens is 262 g/mol. The SMILES string of the molecule is Cn1cc(C2CCN(c3nc4ccccc4[nH]3)CC2)cn1. The third kappa shape index (κ3) is 2.28. The first-order valence-electron chi connectivity index (χ1n) is 7.48. The van der Waals surface area contributed by atoms with E-state index >= 15 is 0 Å². The second-order valence-corrected chi connectivity index (χ2v) is 5.79. The van der Waals surface area contributed by atoms with Crippen molar-refractivity contribution in [1.82, 2.24) is 19.7 Å². The van der Waals surface area contributed by atoms with Crippen LogP contribution in [0.2, 0.25) is 0 Å².